The fourth-order valence-electron chi connectivity index (χ4n) is 2.99. The predicted molar refractivity (Wildman–Crippen MR) is 128 cm³/mol. The van der Waals surface area contributed by atoms with Crippen LogP contribution in [-0.4, -0.2) is 36.3 Å². The van der Waals surface area contributed by atoms with Crippen molar-refractivity contribution in [3.05, 3.63) is 83.7 Å². The minimum atomic E-state index is -5.08. The first kappa shape index (κ1) is 28.3. The highest BCUT2D eigenvalue weighted by molar-refractivity contribution is 6.04. The fourth-order valence-corrected chi connectivity index (χ4v) is 2.99. The summed E-state index contributed by atoms with van der Waals surface area (Å²) in [6.45, 7) is 4.93. The summed E-state index contributed by atoms with van der Waals surface area (Å²) in [7, 11) is 1.67. The summed E-state index contributed by atoms with van der Waals surface area (Å²) < 4.78 is 50.5. The molecule has 0 aliphatic heterocycles. The second kappa shape index (κ2) is 12.7. The monoisotopic (exact) mass is 506 g/mol. The second-order valence-electron chi connectivity index (χ2n) is 7.91. The zero-order valence-corrected chi connectivity index (χ0v) is 19.8. The van der Waals surface area contributed by atoms with E-state index in [2.05, 4.69) is 30.5 Å². The number of carboxylic acids is 1. The van der Waals surface area contributed by atoms with Crippen molar-refractivity contribution < 1.29 is 37.0 Å². The van der Waals surface area contributed by atoms with Crippen LogP contribution in [0.3, 0.4) is 0 Å². The van der Waals surface area contributed by atoms with Crippen molar-refractivity contribution in [3.63, 3.8) is 0 Å². The molecule has 0 fully saturated rings. The van der Waals surface area contributed by atoms with Crippen LogP contribution in [0.15, 0.2) is 66.7 Å². The van der Waals surface area contributed by atoms with Crippen molar-refractivity contribution in [3.8, 4) is 16.9 Å². The third-order valence-corrected chi connectivity index (χ3v) is 4.79. The van der Waals surface area contributed by atoms with E-state index >= 15 is 0 Å². The van der Waals surface area contributed by atoms with E-state index in [4.69, 9.17) is 14.6 Å². The number of amides is 1. The number of carboxylic acid groups (broad SMARTS) is 1. The molecule has 1 amide bonds. The van der Waals surface area contributed by atoms with E-state index in [1.165, 1.54) is 18.2 Å². The maximum atomic E-state index is 13.3. The number of hydrogen-bond donors (Lipinski definition) is 3. The molecule has 3 N–H and O–H groups in total. The topological polar surface area (TPSA) is 87.7 Å². The molecule has 0 aliphatic rings. The smallest absolute Gasteiger partial charge is 0.490 e. The van der Waals surface area contributed by atoms with Gasteiger partial charge < -0.3 is 20.5 Å². The first-order chi connectivity index (χ1) is 16.9. The van der Waals surface area contributed by atoms with Gasteiger partial charge in [-0.2, -0.15) is 13.2 Å². The Hall–Kier alpha value is -3.92. The molecule has 0 unspecified atom stereocenters. The van der Waals surface area contributed by atoms with Crippen molar-refractivity contribution in [2.24, 2.45) is 0 Å². The normalized spacial score (nSPS) is 10.9. The summed E-state index contributed by atoms with van der Waals surface area (Å²) in [5.41, 5.74) is 4.11. The lowest BCUT2D eigenvalue weighted by atomic mass is 10.0. The molecule has 0 bridgehead atoms. The van der Waals surface area contributed by atoms with Crippen LogP contribution in [0.5, 0.6) is 5.75 Å². The van der Waals surface area contributed by atoms with Crippen LogP contribution in [0, 0.1) is 5.82 Å². The Kier molecular flexibility index (Phi) is 9.98. The molecule has 0 aromatic heterocycles. The van der Waals surface area contributed by atoms with Gasteiger partial charge in [-0.3, -0.25) is 4.79 Å². The van der Waals surface area contributed by atoms with Gasteiger partial charge in [0.05, 0.1) is 7.11 Å². The van der Waals surface area contributed by atoms with Crippen LogP contribution >= 0.6 is 0 Å². The molecule has 3 rings (SSSR count). The summed E-state index contributed by atoms with van der Waals surface area (Å²) in [6, 6.07) is 19.7. The summed E-state index contributed by atoms with van der Waals surface area (Å²) in [6.07, 6.45) is -5.08. The lowest BCUT2D eigenvalue weighted by molar-refractivity contribution is -0.192. The molecule has 3 aromatic rings. The number of ether oxygens (including phenoxy) is 1. The number of benzene rings is 3. The van der Waals surface area contributed by atoms with Crippen LogP contribution in [0.25, 0.3) is 11.1 Å². The molecule has 3 aromatic carbocycles. The van der Waals surface area contributed by atoms with Crippen LogP contribution in [0.2, 0.25) is 0 Å². The number of rotatable bonds is 7. The zero-order chi connectivity index (χ0) is 26.9. The van der Waals surface area contributed by atoms with E-state index in [9.17, 15) is 22.4 Å². The molecular weight excluding hydrogens is 480 g/mol. The van der Waals surface area contributed by atoms with Gasteiger partial charge in [-0.1, -0.05) is 38.1 Å². The van der Waals surface area contributed by atoms with Crippen molar-refractivity contribution in [1.82, 2.24) is 5.32 Å². The molecule has 0 saturated carbocycles. The summed E-state index contributed by atoms with van der Waals surface area (Å²) in [5, 5.41) is 13.3. The number of carbonyl (C=O) groups is 2. The van der Waals surface area contributed by atoms with Gasteiger partial charge in [0.2, 0.25) is 0 Å². The van der Waals surface area contributed by atoms with Crippen LogP contribution < -0.4 is 15.4 Å². The summed E-state index contributed by atoms with van der Waals surface area (Å²) in [4.78, 5) is 21.2. The van der Waals surface area contributed by atoms with Crippen molar-refractivity contribution >= 4 is 17.6 Å². The number of aliphatic carboxylic acids is 1. The Morgan fingerprint density at radius 2 is 1.58 bits per heavy atom. The summed E-state index contributed by atoms with van der Waals surface area (Å²) >= 11 is 0. The molecule has 0 radical (unpaired) electrons. The number of methoxy groups -OCH3 is 1. The minimum absolute atomic E-state index is 0.284. The van der Waals surface area contributed by atoms with Gasteiger partial charge in [-0.15, -0.1) is 0 Å². The second-order valence-corrected chi connectivity index (χ2v) is 7.91. The van der Waals surface area contributed by atoms with Gasteiger partial charge in [0, 0.05) is 29.4 Å². The average Bonchev–Trinajstić information content (AvgIpc) is 2.82. The highest BCUT2D eigenvalue weighted by Crippen LogP contribution is 2.28. The number of carbonyl (C=O) groups excluding carboxylic acids is 1. The molecule has 10 heteroatoms. The van der Waals surface area contributed by atoms with Crippen LogP contribution in [0.1, 0.15) is 29.8 Å². The van der Waals surface area contributed by atoms with E-state index in [0.29, 0.717) is 11.7 Å². The molecule has 0 aliphatic carbocycles. The average molecular weight is 506 g/mol. The third-order valence-electron chi connectivity index (χ3n) is 4.79. The lowest BCUT2D eigenvalue weighted by Gasteiger charge is -2.14. The van der Waals surface area contributed by atoms with Crippen LogP contribution in [0.4, 0.5) is 23.2 Å². The van der Waals surface area contributed by atoms with Gasteiger partial charge >= 0.3 is 12.1 Å². The largest absolute Gasteiger partial charge is 0.496 e. The summed E-state index contributed by atoms with van der Waals surface area (Å²) in [5.74, 6) is -2.69. The van der Waals surface area contributed by atoms with Crippen molar-refractivity contribution in [2.75, 3.05) is 12.4 Å². The van der Waals surface area contributed by atoms with E-state index in [1.807, 2.05) is 36.4 Å². The maximum Gasteiger partial charge on any atom is 0.490 e. The highest BCUT2D eigenvalue weighted by atomic mass is 19.4. The number of anilines is 1. The minimum Gasteiger partial charge on any atom is -0.496 e. The Morgan fingerprint density at radius 1 is 0.972 bits per heavy atom. The van der Waals surface area contributed by atoms with Crippen molar-refractivity contribution in [1.29, 1.82) is 0 Å². The Morgan fingerprint density at radius 3 is 2.11 bits per heavy atom. The highest BCUT2D eigenvalue weighted by Gasteiger charge is 2.38. The van der Waals surface area contributed by atoms with E-state index < -0.39 is 18.0 Å². The molecule has 6 nitrogen and oxygen atoms in total. The van der Waals surface area contributed by atoms with Crippen LogP contribution in [-0.2, 0) is 11.3 Å². The van der Waals surface area contributed by atoms with E-state index in [0.717, 1.165) is 29.0 Å². The van der Waals surface area contributed by atoms with Gasteiger partial charge in [0.1, 0.15) is 11.6 Å². The van der Waals surface area contributed by atoms with E-state index in [1.54, 1.807) is 13.2 Å². The molecule has 0 saturated heterocycles. The standard InChI is InChI=1S/C24H25FN2O2.C2HF3O2/c1-16(2)26-15-20-13-18(9-12-23(20)29-3)17-7-10-22(11-8-17)27-24(28)19-5-4-6-21(25)14-19;3-2(4,5)1(6)7/h4-14,16,26H,15H2,1-3H3,(H,27,28);(H,6,7). The first-order valence-electron chi connectivity index (χ1n) is 10.8. The predicted octanol–water partition coefficient (Wildman–Crippen LogP) is 5.88. The molecular formula is C26H26F4N2O4. The maximum absolute atomic E-state index is 13.3. The molecule has 36 heavy (non-hydrogen) atoms. The Bertz CT molecular complexity index is 1180. The molecule has 192 valence electrons. The van der Waals surface area contributed by atoms with Gasteiger partial charge in [-0.05, 0) is 53.6 Å². The zero-order valence-electron chi connectivity index (χ0n) is 19.8. The lowest BCUT2D eigenvalue weighted by Crippen LogP contribution is -2.22. The van der Waals surface area contributed by atoms with Gasteiger partial charge in [0.15, 0.2) is 0 Å². The van der Waals surface area contributed by atoms with Gasteiger partial charge in [-0.25, -0.2) is 9.18 Å². The molecule has 0 heterocycles. The number of nitrogens with one attached hydrogen (secondary N) is 2. The fraction of sp³-hybridized carbons (Fsp3) is 0.231. The third kappa shape index (κ3) is 8.70. The number of halogens is 4. The number of hydrogen-bond acceptors (Lipinski definition) is 4. The van der Waals surface area contributed by atoms with Gasteiger partial charge in [0.25, 0.3) is 5.91 Å². The Balaban J connectivity index is 0.000000572. The molecule has 0 spiro atoms. The number of alkyl halides is 3. The van der Waals surface area contributed by atoms with Crippen molar-refractivity contribution in [2.45, 2.75) is 32.6 Å². The molecule has 0 atom stereocenters. The van der Waals surface area contributed by atoms with E-state index in [-0.39, 0.29) is 11.5 Å². The SMILES string of the molecule is COc1ccc(-c2ccc(NC(=O)c3cccc(F)c3)cc2)cc1CNC(C)C.O=C(O)C(F)(F)F. The first-order valence-corrected chi connectivity index (χ1v) is 10.8. The quantitative estimate of drug-likeness (QED) is 0.348. The Labute approximate surface area is 205 Å².